The topological polar surface area (TPSA) is 0 Å². The second kappa shape index (κ2) is 7.50. The van der Waals surface area contributed by atoms with Crippen LogP contribution in [0.5, 0.6) is 0 Å². The van der Waals surface area contributed by atoms with Crippen molar-refractivity contribution in [2.45, 2.75) is 10.6 Å². The summed E-state index contributed by atoms with van der Waals surface area (Å²) in [7, 11) is -0.0416. The van der Waals surface area contributed by atoms with E-state index in [1.165, 1.54) is 18.1 Å². The van der Waals surface area contributed by atoms with Crippen LogP contribution < -0.4 is 14.7 Å². The molecule has 0 spiro atoms. The molecule has 0 bridgehead atoms. The van der Waals surface area contributed by atoms with E-state index in [1.54, 1.807) is 21.8 Å². The predicted molar refractivity (Wildman–Crippen MR) is 95.8 cm³/mol. The largest absolute Gasteiger partial charge is 1.00 e. The molecule has 0 N–H and O–H groups in total. The molecule has 1 aliphatic heterocycles. The van der Waals surface area contributed by atoms with Crippen LogP contribution in [0.3, 0.4) is 0 Å². The number of benzene rings is 2. The third-order valence-corrected chi connectivity index (χ3v) is 10.5. The minimum Gasteiger partial charge on any atom is -1.00 e. The van der Waals surface area contributed by atoms with Crippen molar-refractivity contribution in [1.82, 2.24) is 0 Å². The number of fused-ring (bicyclic) bond motifs is 2. The second-order valence-corrected chi connectivity index (χ2v) is 10.8. The summed E-state index contributed by atoms with van der Waals surface area (Å²) < 4.78 is 2.53. The van der Waals surface area contributed by atoms with Gasteiger partial charge >= 0.3 is 148 Å². The number of rotatable bonds is 3. The van der Waals surface area contributed by atoms with Crippen LogP contribution >= 0.6 is 7.92 Å². The summed E-state index contributed by atoms with van der Waals surface area (Å²) in [6.07, 6.45) is 9.86. The van der Waals surface area contributed by atoms with Crippen LogP contribution in [0.25, 0.3) is 6.08 Å². The maximum absolute atomic E-state index is 2.51. The Hall–Kier alpha value is -1.34. The molecule has 0 saturated carbocycles. The Balaban J connectivity index is 0.000000911. The molecule has 2 aromatic carbocycles. The molecule has 124 valence electrons. The molecular weight excluding hydrogens is 369 g/mol. The van der Waals surface area contributed by atoms with E-state index in [1.807, 2.05) is 3.88 Å². The van der Waals surface area contributed by atoms with Crippen LogP contribution in [0.4, 0.5) is 0 Å². The Bertz CT molecular complexity index is 870. The summed E-state index contributed by atoms with van der Waals surface area (Å²) in [5.41, 5.74) is 4.68. The van der Waals surface area contributed by atoms with Crippen LogP contribution in [0.1, 0.15) is 21.8 Å². The van der Waals surface area contributed by atoms with Crippen LogP contribution in [0.2, 0.25) is 0 Å². The first-order valence-corrected chi connectivity index (χ1v) is 11.4. The first-order valence-electron chi connectivity index (χ1n) is 8.19. The minimum atomic E-state index is -0.107. The summed E-state index contributed by atoms with van der Waals surface area (Å²) in [5, 5.41) is 3.35. The van der Waals surface area contributed by atoms with E-state index in [0.717, 1.165) is 0 Å². The zero-order valence-electron chi connectivity index (χ0n) is 13.6. The van der Waals surface area contributed by atoms with Gasteiger partial charge in [-0.3, -0.25) is 0 Å². The molecule has 25 heavy (non-hydrogen) atoms. The SMILES string of the molecule is C1=C[CH]([Ti+2][C]2=C3C(=CC2)CP3c2ccccc2)c2ccccc21.[F-].[F-]. The first kappa shape index (κ1) is 18.5. The molecule has 0 amide bonds. The Morgan fingerprint density at radius 1 is 0.920 bits per heavy atom. The van der Waals surface area contributed by atoms with Gasteiger partial charge in [-0.15, -0.1) is 0 Å². The first-order chi connectivity index (χ1) is 11.4. The van der Waals surface area contributed by atoms with E-state index in [9.17, 15) is 0 Å². The third-order valence-electron chi connectivity index (χ3n) is 4.94. The molecule has 2 aliphatic carbocycles. The standard InChI is InChI=1S/C12H10P.C9H7.2FH.Ti/c1-2-6-11(7-3-1)13-9-10-5-4-8-12(10)13;1-2-5-9-7-3-6-8(9)4-1;;;/h1-3,5-7H,4,9H2;1-7H;2*1H;/q;;;;+2/p-2. The number of hydrogen-bond donors (Lipinski definition) is 0. The summed E-state index contributed by atoms with van der Waals surface area (Å²) in [6, 6.07) is 20.1. The number of allylic oxidation sites excluding steroid dienone is 5. The molecule has 2 aromatic rings. The molecular formula is C21H17F2PTi. The second-order valence-electron chi connectivity index (χ2n) is 6.29. The maximum Gasteiger partial charge on any atom is -1.00 e. The van der Waals surface area contributed by atoms with E-state index in [0.29, 0.717) is 4.22 Å². The average Bonchev–Trinajstić information content (AvgIpc) is 3.11. The maximum atomic E-state index is 2.51. The van der Waals surface area contributed by atoms with Crippen molar-refractivity contribution in [3.63, 3.8) is 0 Å². The van der Waals surface area contributed by atoms with Gasteiger partial charge in [0.15, 0.2) is 0 Å². The smallest absolute Gasteiger partial charge is 1.00 e. The molecule has 4 heteroatoms. The molecule has 3 aliphatic rings. The van der Waals surface area contributed by atoms with Crippen LogP contribution in [-0.2, 0) is 19.2 Å². The monoisotopic (exact) mass is 386 g/mol. The van der Waals surface area contributed by atoms with Crippen molar-refractivity contribution >= 4 is 19.3 Å². The predicted octanol–water partition coefficient (Wildman–Crippen LogP) is -0.792. The van der Waals surface area contributed by atoms with Crippen molar-refractivity contribution in [2.24, 2.45) is 0 Å². The zero-order chi connectivity index (χ0) is 15.2. The fraction of sp³-hybridized carbons (Fsp3) is 0.143. The Morgan fingerprint density at radius 3 is 2.52 bits per heavy atom. The van der Waals surface area contributed by atoms with Crippen LogP contribution in [-0.4, -0.2) is 6.16 Å². The molecule has 0 aromatic heterocycles. The average molecular weight is 386 g/mol. The van der Waals surface area contributed by atoms with Crippen molar-refractivity contribution in [2.75, 3.05) is 6.16 Å². The van der Waals surface area contributed by atoms with Gasteiger partial charge < -0.3 is 9.41 Å². The van der Waals surface area contributed by atoms with Crippen LogP contribution in [0.15, 0.2) is 81.5 Å². The van der Waals surface area contributed by atoms with Gasteiger partial charge in [-0.25, -0.2) is 0 Å². The third kappa shape index (κ3) is 3.12. The summed E-state index contributed by atoms with van der Waals surface area (Å²) in [6.45, 7) is 0. The molecule has 2 atom stereocenters. The van der Waals surface area contributed by atoms with Crippen LogP contribution in [0, 0.1) is 0 Å². The number of hydrogen-bond acceptors (Lipinski definition) is 0. The number of halogens is 2. The zero-order valence-corrected chi connectivity index (χ0v) is 16.1. The molecule has 1 fully saturated rings. The summed E-state index contributed by atoms with van der Waals surface area (Å²) in [4.78, 5) is 0. The van der Waals surface area contributed by atoms with Crippen molar-refractivity contribution in [3.8, 4) is 0 Å². The minimum absolute atomic E-state index is 0. The van der Waals surface area contributed by atoms with Gasteiger partial charge in [0.2, 0.25) is 0 Å². The molecule has 2 unspecified atom stereocenters. The Labute approximate surface area is 157 Å². The Morgan fingerprint density at radius 2 is 1.68 bits per heavy atom. The van der Waals surface area contributed by atoms with Gasteiger partial charge in [0.05, 0.1) is 0 Å². The molecule has 0 nitrogen and oxygen atoms in total. The van der Waals surface area contributed by atoms with Gasteiger partial charge in [-0.2, -0.15) is 0 Å². The van der Waals surface area contributed by atoms with E-state index >= 15 is 0 Å². The molecule has 5 rings (SSSR count). The van der Waals surface area contributed by atoms with E-state index < -0.39 is 0 Å². The van der Waals surface area contributed by atoms with Crippen molar-refractivity contribution in [3.05, 3.63) is 92.6 Å². The van der Waals surface area contributed by atoms with E-state index in [2.05, 4.69) is 72.8 Å². The van der Waals surface area contributed by atoms with E-state index in [-0.39, 0.29) is 36.5 Å². The molecule has 1 saturated heterocycles. The fourth-order valence-electron chi connectivity index (χ4n) is 3.76. The van der Waals surface area contributed by atoms with E-state index in [4.69, 9.17) is 0 Å². The fourth-order valence-corrected chi connectivity index (χ4v) is 9.43. The van der Waals surface area contributed by atoms with Gasteiger partial charge in [0.1, 0.15) is 0 Å². The van der Waals surface area contributed by atoms with Gasteiger partial charge in [-0.05, 0) is 0 Å². The normalized spacial score (nSPS) is 22.0. The van der Waals surface area contributed by atoms with Gasteiger partial charge in [-0.1, -0.05) is 0 Å². The van der Waals surface area contributed by atoms with Crippen molar-refractivity contribution in [1.29, 1.82) is 0 Å². The van der Waals surface area contributed by atoms with Crippen molar-refractivity contribution < 1.29 is 28.6 Å². The summed E-state index contributed by atoms with van der Waals surface area (Å²) in [5.74, 6) is 0. The quantitative estimate of drug-likeness (QED) is 0.479. The summed E-state index contributed by atoms with van der Waals surface area (Å²) >= 11 is -0.107. The van der Waals surface area contributed by atoms with Gasteiger partial charge in [0, 0.05) is 0 Å². The molecule has 1 heterocycles. The van der Waals surface area contributed by atoms with Gasteiger partial charge in [0.25, 0.3) is 0 Å². The molecule has 0 radical (unpaired) electrons. The Kier molecular flexibility index (Phi) is 5.54.